The molecule has 1 aliphatic rings. The third kappa shape index (κ3) is 4.50. The van der Waals surface area contributed by atoms with Gasteiger partial charge in [0.2, 0.25) is 11.1 Å². The number of thioether (sulfide) groups is 1. The van der Waals surface area contributed by atoms with Crippen LogP contribution in [0.3, 0.4) is 0 Å². The van der Waals surface area contributed by atoms with Gasteiger partial charge in [0.05, 0.1) is 6.04 Å². The standard InChI is InChI=1S/C22H25N5OS/c1-15-12-13-16(2)19(14-15)23-21(28)20(17-8-4-3-5-9-17)29-22-24-25-26-27(22)18-10-6-7-11-18/h3-5,8-9,12-14,18,20H,6-7,10-11H2,1-2H3,(H,23,28)/t20-/m1/s1. The molecule has 1 aromatic heterocycles. The van der Waals surface area contributed by atoms with Gasteiger partial charge < -0.3 is 5.32 Å². The van der Waals surface area contributed by atoms with Gasteiger partial charge in [-0.15, -0.1) is 5.10 Å². The van der Waals surface area contributed by atoms with E-state index < -0.39 is 5.25 Å². The van der Waals surface area contributed by atoms with Crippen LogP contribution in [0.5, 0.6) is 0 Å². The number of nitrogens with zero attached hydrogens (tertiary/aromatic N) is 4. The molecule has 0 unspecified atom stereocenters. The van der Waals surface area contributed by atoms with Crippen LogP contribution in [-0.4, -0.2) is 26.1 Å². The first-order valence-electron chi connectivity index (χ1n) is 9.99. The van der Waals surface area contributed by atoms with Crippen LogP contribution in [0, 0.1) is 13.8 Å². The summed E-state index contributed by atoms with van der Waals surface area (Å²) in [5.41, 5.74) is 3.92. The minimum atomic E-state index is -0.442. The van der Waals surface area contributed by atoms with Crippen molar-refractivity contribution in [3.05, 3.63) is 65.2 Å². The van der Waals surface area contributed by atoms with Gasteiger partial charge in [0, 0.05) is 5.69 Å². The molecule has 150 valence electrons. The molecule has 1 saturated carbocycles. The average molecular weight is 408 g/mol. The first-order valence-corrected chi connectivity index (χ1v) is 10.9. The van der Waals surface area contributed by atoms with Crippen molar-refractivity contribution in [1.82, 2.24) is 20.2 Å². The monoisotopic (exact) mass is 407 g/mol. The summed E-state index contributed by atoms with van der Waals surface area (Å²) in [4.78, 5) is 13.3. The molecule has 0 radical (unpaired) electrons. The summed E-state index contributed by atoms with van der Waals surface area (Å²) < 4.78 is 1.90. The van der Waals surface area contributed by atoms with E-state index in [2.05, 4.69) is 20.8 Å². The Bertz CT molecular complexity index is 982. The number of aryl methyl sites for hydroxylation is 2. The molecule has 7 heteroatoms. The van der Waals surface area contributed by atoms with E-state index in [4.69, 9.17) is 0 Å². The maximum Gasteiger partial charge on any atom is 0.242 e. The Balaban J connectivity index is 1.62. The number of hydrogen-bond acceptors (Lipinski definition) is 5. The normalized spacial score (nSPS) is 15.4. The summed E-state index contributed by atoms with van der Waals surface area (Å²) in [5, 5.41) is 15.7. The Morgan fingerprint density at radius 1 is 1.14 bits per heavy atom. The SMILES string of the molecule is Cc1ccc(C)c(NC(=O)[C@H](Sc2nnnn2C2CCCC2)c2ccccc2)c1. The Kier molecular flexibility index (Phi) is 5.94. The summed E-state index contributed by atoms with van der Waals surface area (Å²) in [6.45, 7) is 4.02. The predicted octanol–water partition coefficient (Wildman–Crippen LogP) is 4.88. The number of hydrogen-bond donors (Lipinski definition) is 1. The van der Waals surface area contributed by atoms with Gasteiger partial charge in [-0.3, -0.25) is 4.79 Å². The molecule has 1 fully saturated rings. The molecule has 6 nitrogen and oxygen atoms in total. The number of anilines is 1. The number of benzene rings is 2. The van der Waals surface area contributed by atoms with Gasteiger partial charge in [-0.1, -0.05) is 67.1 Å². The second kappa shape index (κ2) is 8.78. The summed E-state index contributed by atoms with van der Waals surface area (Å²) in [5.74, 6) is -0.0733. The van der Waals surface area contributed by atoms with E-state index in [0.29, 0.717) is 11.2 Å². The molecule has 1 atom stereocenters. The van der Waals surface area contributed by atoms with Crippen molar-refractivity contribution in [2.75, 3.05) is 5.32 Å². The third-order valence-electron chi connectivity index (χ3n) is 5.35. The number of aromatic nitrogens is 4. The summed E-state index contributed by atoms with van der Waals surface area (Å²) in [7, 11) is 0. The summed E-state index contributed by atoms with van der Waals surface area (Å²) >= 11 is 1.41. The molecule has 0 aliphatic heterocycles. The zero-order valence-electron chi connectivity index (χ0n) is 16.7. The Morgan fingerprint density at radius 2 is 1.90 bits per heavy atom. The van der Waals surface area contributed by atoms with Crippen molar-refractivity contribution in [1.29, 1.82) is 0 Å². The second-order valence-corrected chi connectivity index (χ2v) is 8.63. The number of carbonyl (C=O) groups is 1. The van der Waals surface area contributed by atoms with E-state index in [1.807, 2.05) is 67.1 Å². The fourth-order valence-corrected chi connectivity index (χ4v) is 4.76. The van der Waals surface area contributed by atoms with Crippen LogP contribution in [0.1, 0.15) is 53.7 Å². The Hall–Kier alpha value is -2.67. The lowest BCUT2D eigenvalue weighted by atomic mass is 10.1. The van der Waals surface area contributed by atoms with E-state index in [-0.39, 0.29) is 5.91 Å². The minimum Gasteiger partial charge on any atom is -0.325 e. The van der Waals surface area contributed by atoms with Crippen molar-refractivity contribution < 1.29 is 4.79 Å². The highest BCUT2D eigenvalue weighted by atomic mass is 32.2. The lowest BCUT2D eigenvalue weighted by Gasteiger charge is -2.19. The molecule has 1 amide bonds. The van der Waals surface area contributed by atoms with Crippen LogP contribution >= 0.6 is 11.8 Å². The van der Waals surface area contributed by atoms with Crippen molar-refractivity contribution >= 4 is 23.4 Å². The highest BCUT2D eigenvalue weighted by Crippen LogP contribution is 2.38. The van der Waals surface area contributed by atoms with Gasteiger partial charge in [0.1, 0.15) is 5.25 Å². The fraction of sp³-hybridized carbons (Fsp3) is 0.364. The number of nitrogens with one attached hydrogen (secondary N) is 1. The first-order chi connectivity index (χ1) is 14.1. The molecular formula is C22H25N5OS. The molecule has 3 aromatic rings. The molecular weight excluding hydrogens is 382 g/mol. The number of amides is 1. The van der Waals surface area contributed by atoms with Crippen LogP contribution in [0.2, 0.25) is 0 Å². The highest BCUT2D eigenvalue weighted by Gasteiger charge is 2.28. The van der Waals surface area contributed by atoms with E-state index in [1.165, 1.54) is 24.6 Å². The third-order valence-corrected chi connectivity index (χ3v) is 6.55. The molecule has 29 heavy (non-hydrogen) atoms. The second-order valence-electron chi connectivity index (χ2n) is 7.56. The maximum absolute atomic E-state index is 13.3. The van der Waals surface area contributed by atoms with Crippen molar-refractivity contribution in [3.8, 4) is 0 Å². The zero-order valence-corrected chi connectivity index (χ0v) is 17.5. The van der Waals surface area contributed by atoms with E-state index in [9.17, 15) is 4.79 Å². The number of carbonyl (C=O) groups excluding carboxylic acids is 1. The van der Waals surface area contributed by atoms with Crippen molar-refractivity contribution in [3.63, 3.8) is 0 Å². The van der Waals surface area contributed by atoms with Gasteiger partial charge in [0.15, 0.2) is 0 Å². The lowest BCUT2D eigenvalue weighted by Crippen LogP contribution is -2.20. The predicted molar refractivity (Wildman–Crippen MR) is 115 cm³/mol. The topological polar surface area (TPSA) is 72.7 Å². The minimum absolute atomic E-state index is 0.0733. The van der Waals surface area contributed by atoms with Gasteiger partial charge in [-0.05, 0) is 59.9 Å². The average Bonchev–Trinajstić information content (AvgIpc) is 3.41. The van der Waals surface area contributed by atoms with Crippen LogP contribution in [0.15, 0.2) is 53.7 Å². The zero-order chi connectivity index (χ0) is 20.2. The molecule has 1 aliphatic carbocycles. The summed E-state index contributed by atoms with van der Waals surface area (Å²) in [6.07, 6.45) is 4.57. The largest absolute Gasteiger partial charge is 0.325 e. The highest BCUT2D eigenvalue weighted by molar-refractivity contribution is 8.00. The maximum atomic E-state index is 13.3. The van der Waals surface area contributed by atoms with E-state index in [1.54, 1.807) is 0 Å². The molecule has 2 aromatic carbocycles. The van der Waals surface area contributed by atoms with Crippen LogP contribution < -0.4 is 5.32 Å². The number of tetrazole rings is 1. The molecule has 4 rings (SSSR count). The quantitative estimate of drug-likeness (QED) is 0.590. The molecule has 1 heterocycles. The van der Waals surface area contributed by atoms with E-state index in [0.717, 1.165) is 35.2 Å². The first kappa shape index (κ1) is 19.6. The van der Waals surface area contributed by atoms with Crippen molar-refractivity contribution in [2.24, 2.45) is 0 Å². The van der Waals surface area contributed by atoms with Crippen LogP contribution in [0.25, 0.3) is 0 Å². The van der Waals surface area contributed by atoms with Crippen LogP contribution in [0.4, 0.5) is 5.69 Å². The van der Waals surface area contributed by atoms with Crippen LogP contribution in [-0.2, 0) is 4.79 Å². The smallest absolute Gasteiger partial charge is 0.242 e. The molecule has 0 saturated heterocycles. The number of rotatable bonds is 6. The molecule has 1 N–H and O–H groups in total. The molecule has 0 bridgehead atoms. The van der Waals surface area contributed by atoms with Gasteiger partial charge in [-0.2, -0.15) is 0 Å². The van der Waals surface area contributed by atoms with Gasteiger partial charge in [0.25, 0.3) is 0 Å². The lowest BCUT2D eigenvalue weighted by molar-refractivity contribution is -0.115. The van der Waals surface area contributed by atoms with Crippen molar-refractivity contribution in [2.45, 2.75) is 56.0 Å². The summed E-state index contributed by atoms with van der Waals surface area (Å²) in [6, 6.07) is 16.2. The Labute approximate surface area is 175 Å². The van der Waals surface area contributed by atoms with Gasteiger partial charge in [-0.25, -0.2) is 4.68 Å². The Morgan fingerprint density at radius 3 is 2.66 bits per heavy atom. The molecule has 0 spiro atoms. The fourth-order valence-electron chi connectivity index (χ4n) is 3.72. The van der Waals surface area contributed by atoms with Gasteiger partial charge >= 0.3 is 0 Å². The van der Waals surface area contributed by atoms with E-state index >= 15 is 0 Å².